The molecule has 2 nitrogen and oxygen atoms in total. The molecule has 1 atom stereocenters. The lowest BCUT2D eigenvalue weighted by Gasteiger charge is -2.15. The van der Waals surface area contributed by atoms with Crippen molar-refractivity contribution in [1.29, 1.82) is 0 Å². The zero-order chi connectivity index (χ0) is 14.5. The quantitative estimate of drug-likeness (QED) is 0.827. The molecule has 106 valence electrons. The van der Waals surface area contributed by atoms with Gasteiger partial charge in [-0.2, -0.15) is 0 Å². The minimum atomic E-state index is 0.237. The van der Waals surface area contributed by atoms with Gasteiger partial charge < -0.3 is 10.4 Å². The van der Waals surface area contributed by atoms with Crippen molar-refractivity contribution in [1.82, 2.24) is 5.32 Å². The molecule has 0 saturated heterocycles. The summed E-state index contributed by atoms with van der Waals surface area (Å²) in [6.07, 6.45) is 0.929. The van der Waals surface area contributed by atoms with Crippen molar-refractivity contribution < 1.29 is 5.11 Å². The molecule has 2 N–H and O–H groups in total. The van der Waals surface area contributed by atoms with E-state index in [1.807, 2.05) is 12.1 Å². The number of rotatable bonds is 5. The zero-order valence-corrected chi connectivity index (χ0v) is 13.6. The smallest absolute Gasteiger partial charge is 0.121 e. The number of halogens is 2. The van der Waals surface area contributed by atoms with Gasteiger partial charge in [0.05, 0.1) is 0 Å². The van der Waals surface area contributed by atoms with Crippen LogP contribution in [0.4, 0.5) is 0 Å². The summed E-state index contributed by atoms with van der Waals surface area (Å²) < 4.78 is 1.09. The van der Waals surface area contributed by atoms with E-state index < -0.39 is 0 Å². The number of benzene rings is 2. The van der Waals surface area contributed by atoms with Gasteiger partial charge in [0.15, 0.2) is 0 Å². The zero-order valence-electron chi connectivity index (χ0n) is 11.2. The largest absolute Gasteiger partial charge is 0.508 e. The molecular weight excluding hydrogens is 338 g/mol. The maximum atomic E-state index is 9.79. The molecule has 0 radical (unpaired) electrons. The Morgan fingerprint density at radius 2 is 1.90 bits per heavy atom. The molecular formula is C16H17BrClNO. The standard InChI is InChI=1S/C16H17BrClNO/c1-11(9-12-5-7-13(17)8-6-12)19-10-14-15(18)3-2-4-16(14)20/h2-8,11,19-20H,9-10H2,1H3. The highest BCUT2D eigenvalue weighted by Crippen LogP contribution is 2.25. The van der Waals surface area contributed by atoms with Crippen LogP contribution in [0.1, 0.15) is 18.1 Å². The lowest BCUT2D eigenvalue weighted by molar-refractivity contribution is 0.458. The molecule has 0 fully saturated rings. The number of hydrogen-bond donors (Lipinski definition) is 2. The molecule has 0 aromatic heterocycles. The maximum Gasteiger partial charge on any atom is 0.121 e. The Kier molecular flexibility index (Phi) is 5.46. The van der Waals surface area contributed by atoms with Crippen molar-refractivity contribution in [3.63, 3.8) is 0 Å². The lowest BCUT2D eigenvalue weighted by Crippen LogP contribution is -2.27. The minimum Gasteiger partial charge on any atom is -0.508 e. The highest BCUT2D eigenvalue weighted by molar-refractivity contribution is 9.10. The Bertz CT molecular complexity index is 551. The molecule has 4 heteroatoms. The second-order valence-electron chi connectivity index (χ2n) is 4.85. The Morgan fingerprint density at radius 1 is 1.20 bits per heavy atom. The summed E-state index contributed by atoms with van der Waals surface area (Å²) in [7, 11) is 0. The summed E-state index contributed by atoms with van der Waals surface area (Å²) in [5.41, 5.74) is 2.02. The maximum absolute atomic E-state index is 9.79. The van der Waals surface area contributed by atoms with Crippen LogP contribution in [0.15, 0.2) is 46.9 Å². The molecule has 0 spiro atoms. The number of hydrogen-bond acceptors (Lipinski definition) is 2. The van der Waals surface area contributed by atoms with Crippen molar-refractivity contribution in [3.05, 3.63) is 63.1 Å². The summed E-state index contributed by atoms with van der Waals surface area (Å²) in [6, 6.07) is 13.8. The van der Waals surface area contributed by atoms with Gasteiger partial charge in [-0.3, -0.25) is 0 Å². The van der Waals surface area contributed by atoms with Crippen molar-refractivity contribution in [2.24, 2.45) is 0 Å². The third kappa shape index (κ3) is 4.23. The van der Waals surface area contributed by atoms with Gasteiger partial charge in [-0.1, -0.05) is 45.7 Å². The van der Waals surface area contributed by atoms with Gasteiger partial charge in [-0.25, -0.2) is 0 Å². The summed E-state index contributed by atoms with van der Waals surface area (Å²) in [4.78, 5) is 0. The first-order valence-electron chi connectivity index (χ1n) is 6.50. The van der Waals surface area contributed by atoms with Crippen molar-refractivity contribution in [3.8, 4) is 5.75 Å². The Hall–Kier alpha value is -1.03. The van der Waals surface area contributed by atoms with Crippen molar-refractivity contribution in [2.45, 2.75) is 25.9 Å². The number of nitrogens with one attached hydrogen (secondary N) is 1. The third-order valence-corrected chi connectivity index (χ3v) is 4.06. The van der Waals surface area contributed by atoms with Crippen molar-refractivity contribution >= 4 is 27.5 Å². The van der Waals surface area contributed by atoms with E-state index >= 15 is 0 Å². The fourth-order valence-corrected chi connectivity index (χ4v) is 2.55. The lowest BCUT2D eigenvalue weighted by atomic mass is 10.1. The molecule has 2 aromatic carbocycles. The molecule has 0 amide bonds. The molecule has 2 aromatic rings. The van der Waals surface area contributed by atoms with Crippen LogP contribution < -0.4 is 5.32 Å². The highest BCUT2D eigenvalue weighted by Gasteiger charge is 2.08. The Labute approximate surface area is 132 Å². The van der Waals surface area contributed by atoms with Crippen molar-refractivity contribution in [2.75, 3.05) is 0 Å². The Morgan fingerprint density at radius 3 is 2.55 bits per heavy atom. The van der Waals surface area contributed by atoms with E-state index in [-0.39, 0.29) is 5.75 Å². The van der Waals surface area contributed by atoms with E-state index in [9.17, 15) is 5.11 Å². The second kappa shape index (κ2) is 7.11. The fraction of sp³-hybridized carbons (Fsp3) is 0.250. The van der Waals surface area contributed by atoms with E-state index in [1.165, 1.54) is 5.56 Å². The molecule has 0 aliphatic heterocycles. The van der Waals surface area contributed by atoms with Gasteiger partial charge in [0.25, 0.3) is 0 Å². The molecule has 1 unspecified atom stereocenters. The second-order valence-corrected chi connectivity index (χ2v) is 6.17. The van der Waals surface area contributed by atoms with Crippen LogP contribution in [0.25, 0.3) is 0 Å². The minimum absolute atomic E-state index is 0.237. The van der Waals surface area contributed by atoms with Gasteiger partial charge in [-0.05, 0) is 43.2 Å². The summed E-state index contributed by atoms with van der Waals surface area (Å²) in [5.74, 6) is 0.237. The van der Waals surface area contributed by atoms with Gasteiger partial charge in [0.1, 0.15) is 5.75 Å². The summed E-state index contributed by atoms with van der Waals surface area (Å²) in [6.45, 7) is 2.68. The van der Waals surface area contributed by atoms with Crippen LogP contribution in [0, 0.1) is 0 Å². The van der Waals surface area contributed by atoms with E-state index in [1.54, 1.807) is 18.2 Å². The number of aromatic hydroxyl groups is 1. The third-order valence-electron chi connectivity index (χ3n) is 3.18. The molecule has 2 rings (SSSR count). The first kappa shape index (κ1) is 15.4. The molecule has 0 heterocycles. The molecule has 0 aliphatic carbocycles. The summed E-state index contributed by atoms with van der Waals surface area (Å²) >= 11 is 9.52. The SMILES string of the molecule is CC(Cc1ccc(Br)cc1)NCc1c(O)cccc1Cl. The normalized spacial score (nSPS) is 12.3. The van der Waals surface area contributed by atoms with E-state index in [4.69, 9.17) is 11.6 Å². The molecule has 0 bridgehead atoms. The monoisotopic (exact) mass is 353 g/mol. The van der Waals surface area contributed by atoms with E-state index in [0.29, 0.717) is 17.6 Å². The average Bonchev–Trinajstić information content (AvgIpc) is 2.41. The first-order chi connectivity index (χ1) is 9.56. The van der Waals surface area contributed by atoms with E-state index in [2.05, 4.69) is 40.3 Å². The van der Waals surface area contributed by atoms with Gasteiger partial charge in [0, 0.05) is 27.6 Å². The van der Waals surface area contributed by atoms with Crippen LogP contribution in [0.2, 0.25) is 5.02 Å². The van der Waals surface area contributed by atoms with Crippen LogP contribution in [-0.4, -0.2) is 11.1 Å². The van der Waals surface area contributed by atoms with Crippen LogP contribution in [0.3, 0.4) is 0 Å². The predicted octanol–water partition coefficient (Wildman–Crippen LogP) is 4.53. The Balaban J connectivity index is 1.92. The van der Waals surface area contributed by atoms with Crippen LogP contribution in [0.5, 0.6) is 5.75 Å². The average molecular weight is 355 g/mol. The number of phenolic OH excluding ortho intramolecular Hbond substituents is 1. The van der Waals surface area contributed by atoms with Crippen LogP contribution in [-0.2, 0) is 13.0 Å². The predicted molar refractivity (Wildman–Crippen MR) is 87.3 cm³/mol. The molecule has 0 aliphatic rings. The van der Waals surface area contributed by atoms with Gasteiger partial charge in [-0.15, -0.1) is 0 Å². The fourth-order valence-electron chi connectivity index (χ4n) is 2.04. The highest BCUT2D eigenvalue weighted by atomic mass is 79.9. The summed E-state index contributed by atoms with van der Waals surface area (Å²) in [5, 5.41) is 13.8. The van der Waals surface area contributed by atoms with Gasteiger partial charge in [0.2, 0.25) is 0 Å². The number of phenols is 1. The molecule has 0 saturated carbocycles. The van der Waals surface area contributed by atoms with E-state index in [0.717, 1.165) is 16.5 Å². The topological polar surface area (TPSA) is 32.3 Å². The first-order valence-corrected chi connectivity index (χ1v) is 7.67. The van der Waals surface area contributed by atoms with Crippen LogP contribution >= 0.6 is 27.5 Å². The molecule has 20 heavy (non-hydrogen) atoms. The van der Waals surface area contributed by atoms with Gasteiger partial charge >= 0.3 is 0 Å².